The van der Waals surface area contributed by atoms with Crippen molar-refractivity contribution in [3.63, 3.8) is 0 Å². The number of benzene rings is 2. The van der Waals surface area contributed by atoms with Crippen LogP contribution in [0.3, 0.4) is 0 Å². The first kappa shape index (κ1) is 26.0. The first-order valence-electron chi connectivity index (χ1n) is 12.9. The van der Waals surface area contributed by atoms with E-state index in [1.807, 2.05) is 30.3 Å². The number of aromatic hydroxyl groups is 1. The third-order valence-electron chi connectivity index (χ3n) is 8.32. The van der Waals surface area contributed by atoms with Gasteiger partial charge in [-0.3, -0.25) is 14.5 Å². The maximum absolute atomic E-state index is 15.1. The lowest BCUT2D eigenvalue weighted by molar-refractivity contribution is -0.142. The highest BCUT2D eigenvalue weighted by atomic mass is 19.1. The first-order chi connectivity index (χ1) is 19.1. The number of aliphatic hydroxyl groups excluding tert-OH is 1. The lowest BCUT2D eigenvalue weighted by Crippen LogP contribution is -2.63. The predicted molar refractivity (Wildman–Crippen MR) is 140 cm³/mol. The Morgan fingerprint density at radius 2 is 1.90 bits per heavy atom. The third-order valence-corrected chi connectivity index (χ3v) is 8.32. The summed E-state index contributed by atoms with van der Waals surface area (Å²) in [5, 5.41) is 40.6. The molecule has 0 unspecified atom stereocenters. The fourth-order valence-corrected chi connectivity index (χ4v) is 6.47. The monoisotopic (exact) mass is 549 g/mol. The molecule has 6 rings (SSSR count). The summed E-state index contributed by atoms with van der Waals surface area (Å²) >= 11 is 0. The fourth-order valence-electron chi connectivity index (χ4n) is 6.47. The zero-order chi connectivity index (χ0) is 28.5. The first-order valence-corrected chi connectivity index (χ1v) is 12.9. The van der Waals surface area contributed by atoms with Gasteiger partial charge in [-0.05, 0) is 43.6 Å². The van der Waals surface area contributed by atoms with Crippen molar-refractivity contribution in [2.45, 2.75) is 31.1 Å². The summed E-state index contributed by atoms with van der Waals surface area (Å²) in [6, 6.07) is 9.56. The number of anilines is 1. The molecule has 0 radical (unpaired) electrons. The molecular formula is C29H28FN3O7. The second-order valence-corrected chi connectivity index (χ2v) is 10.7. The fraction of sp³-hybridized carbons (Fsp3) is 0.345. The molecule has 10 nitrogen and oxygen atoms in total. The van der Waals surface area contributed by atoms with Gasteiger partial charge in [-0.25, -0.2) is 4.39 Å². The number of phenolic OH excluding ortho intramolecular Hbond substituents is 1. The van der Waals surface area contributed by atoms with Gasteiger partial charge in [0, 0.05) is 30.2 Å². The normalized spacial score (nSPS) is 25.3. The molecule has 1 heterocycles. The van der Waals surface area contributed by atoms with Gasteiger partial charge in [-0.2, -0.15) is 0 Å². The van der Waals surface area contributed by atoms with Crippen LogP contribution in [-0.2, 0) is 17.8 Å². The Morgan fingerprint density at radius 3 is 2.58 bits per heavy atom. The van der Waals surface area contributed by atoms with E-state index in [1.165, 1.54) is 7.05 Å². The van der Waals surface area contributed by atoms with E-state index in [1.54, 1.807) is 19.0 Å². The van der Waals surface area contributed by atoms with Crippen LogP contribution in [0, 0.1) is 17.7 Å². The van der Waals surface area contributed by atoms with Crippen molar-refractivity contribution in [3.8, 4) is 11.6 Å². The zero-order valence-corrected chi connectivity index (χ0v) is 22.1. The molecule has 1 fully saturated rings. The lowest BCUT2D eigenvalue weighted by Gasteiger charge is -2.49. The van der Waals surface area contributed by atoms with Crippen LogP contribution in [0.15, 0.2) is 46.5 Å². The summed E-state index contributed by atoms with van der Waals surface area (Å²) in [7, 11) is 4.92. The number of aromatic nitrogens is 1. The number of halogens is 1. The molecule has 0 aliphatic heterocycles. The standard InChI is InChI=1S/C29H28FN3O7/c1-31-18-11-17(30)15-9-14-10-16-22(33(2)3)25-21(28(32-40-25)39-12-13-7-5-4-6-8-13)27(37)29(16,38)26(36)19(14)24(35)20(15)23(18)34/h4-8,11,14,16,22,31,34-35,38H,9-10,12H2,1-3H3/t14-,16-,22-,29-/m0/s1. The molecule has 3 aliphatic carbocycles. The smallest absolute Gasteiger partial charge is 0.265 e. The van der Waals surface area contributed by atoms with Crippen molar-refractivity contribution in [1.82, 2.24) is 10.1 Å². The summed E-state index contributed by atoms with van der Waals surface area (Å²) in [6.07, 6.45) is 0.0451. The molecule has 40 heavy (non-hydrogen) atoms. The topological polar surface area (TPSA) is 145 Å². The van der Waals surface area contributed by atoms with E-state index in [-0.39, 0.29) is 59.0 Å². The van der Waals surface area contributed by atoms with Gasteiger partial charge in [-0.1, -0.05) is 30.3 Å². The molecule has 4 N–H and O–H groups in total. The van der Waals surface area contributed by atoms with Crippen molar-refractivity contribution < 1.29 is 38.6 Å². The van der Waals surface area contributed by atoms with Crippen LogP contribution in [0.1, 0.15) is 45.3 Å². The Balaban J connectivity index is 1.47. The Kier molecular flexibility index (Phi) is 5.97. The molecule has 0 saturated heterocycles. The average Bonchev–Trinajstić information content (AvgIpc) is 3.35. The number of nitrogens with zero attached hydrogens (tertiary/aromatic N) is 2. The number of phenols is 1. The Labute approximate surface area is 228 Å². The van der Waals surface area contributed by atoms with E-state index in [0.29, 0.717) is 0 Å². The highest BCUT2D eigenvalue weighted by molar-refractivity contribution is 6.26. The zero-order valence-electron chi connectivity index (χ0n) is 22.1. The van der Waals surface area contributed by atoms with Gasteiger partial charge in [0.25, 0.3) is 5.88 Å². The molecule has 3 aliphatic rings. The number of carbonyl (C=O) groups is 2. The van der Waals surface area contributed by atoms with Crippen molar-refractivity contribution in [3.05, 3.63) is 75.8 Å². The number of carbonyl (C=O) groups excluding carboxylic acids is 2. The number of hydrogen-bond donors (Lipinski definition) is 4. The van der Waals surface area contributed by atoms with Gasteiger partial charge >= 0.3 is 0 Å². The van der Waals surface area contributed by atoms with E-state index >= 15 is 4.39 Å². The Morgan fingerprint density at radius 1 is 1.18 bits per heavy atom. The van der Waals surface area contributed by atoms with Crippen LogP contribution in [-0.4, -0.2) is 63.7 Å². The average molecular weight is 550 g/mol. The Bertz CT molecular complexity index is 1580. The van der Waals surface area contributed by atoms with Crippen LogP contribution in [0.5, 0.6) is 11.6 Å². The number of ketones is 2. The van der Waals surface area contributed by atoms with Crippen LogP contribution in [0.2, 0.25) is 0 Å². The van der Waals surface area contributed by atoms with Crippen LogP contribution in [0.25, 0.3) is 5.76 Å². The van der Waals surface area contributed by atoms with Crippen molar-refractivity contribution in [2.75, 3.05) is 26.5 Å². The van der Waals surface area contributed by atoms with Crippen molar-refractivity contribution >= 4 is 23.0 Å². The van der Waals surface area contributed by atoms with Gasteiger partial charge in [0.15, 0.2) is 11.4 Å². The Hall–Kier alpha value is -4.22. The number of rotatable bonds is 5. The predicted octanol–water partition coefficient (Wildman–Crippen LogP) is 3.40. The molecular weight excluding hydrogens is 521 g/mol. The van der Waals surface area contributed by atoms with Crippen molar-refractivity contribution in [2.24, 2.45) is 11.8 Å². The summed E-state index contributed by atoms with van der Waals surface area (Å²) in [5.41, 5.74) is -2.27. The lowest BCUT2D eigenvalue weighted by atomic mass is 9.57. The second kappa shape index (κ2) is 9.17. The highest BCUT2D eigenvalue weighted by Crippen LogP contribution is 2.56. The molecule has 3 aromatic rings. The number of hydrogen-bond acceptors (Lipinski definition) is 10. The van der Waals surface area contributed by atoms with Gasteiger partial charge in [0.1, 0.15) is 29.5 Å². The van der Waals surface area contributed by atoms with E-state index in [4.69, 9.17) is 9.26 Å². The van der Waals surface area contributed by atoms with E-state index in [0.717, 1.165) is 11.6 Å². The number of Topliss-reactive ketones (excluding diaryl/α,β-unsaturated/α-hetero) is 2. The van der Waals surface area contributed by atoms with Gasteiger partial charge in [-0.15, -0.1) is 0 Å². The second-order valence-electron chi connectivity index (χ2n) is 10.7. The number of nitrogens with one attached hydrogen (secondary N) is 1. The summed E-state index contributed by atoms with van der Waals surface area (Å²) < 4.78 is 26.5. The quantitative estimate of drug-likeness (QED) is 0.276. The molecule has 0 spiro atoms. The molecule has 1 saturated carbocycles. The largest absolute Gasteiger partial charge is 0.507 e. The van der Waals surface area contributed by atoms with Crippen LogP contribution < -0.4 is 10.1 Å². The summed E-state index contributed by atoms with van der Waals surface area (Å²) in [5.74, 6) is -5.36. The minimum absolute atomic E-state index is 0.0144. The van der Waals surface area contributed by atoms with E-state index in [2.05, 4.69) is 10.5 Å². The maximum Gasteiger partial charge on any atom is 0.265 e. The molecule has 1 aromatic heterocycles. The molecule has 2 aromatic carbocycles. The minimum atomic E-state index is -2.58. The van der Waals surface area contributed by atoms with Crippen LogP contribution >= 0.6 is 0 Å². The minimum Gasteiger partial charge on any atom is -0.507 e. The number of aliphatic hydroxyl groups is 2. The molecule has 0 bridgehead atoms. The van der Waals surface area contributed by atoms with Gasteiger partial charge in [0.2, 0.25) is 11.6 Å². The summed E-state index contributed by atoms with van der Waals surface area (Å²) in [4.78, 5) is 29.8. The summed E-state index contributed by atoms with van der Waals surface area (Å²) in [6.45, 7) is 0.0684. The molecule has 11 heteroatoms. The van der Waals surface area contributed by atoms with Gasteiger partial charge in [0.05, 0.1) is 17.3 Å². The molecule has 208 valence electrons. The van der Waals surface area contributed by atoms with E-state index in [9.17, 15) is 24.9 Å². The highest BCUT2D eigenvalue weighted by Gasteiger charge is 2.65. The van der Waals surface area contributed by atoms with Crippen LogP contribution in [0.4, 0.5) is 10.1 Å². The van der Waals surface area contributed by atoms with Crippen molar-refractivity contribution in [1.29, 1.82) is 0 Å². The van der Waals surface area contributed by atoms with E-state index < -0.39 is 52.4 Å². The molecule has 0 amide bonds. The van der Waals surface area contributed by atoms with Gasteiger partial charge < -0.3 is 29.9 Å². The molecule has 4 atom stereocenters. The SMILES string of the molecule is CNc1cc(F)c2c(c1O)C(O)=C1C(=O)[C@]3(O)C(=O)c4c(OCc5ccccc5)noc4[C@@H](N(C)C)[C@@H]3C[C@@H]1C2. The maximum atomic E-state index is 15.1. The number of fused-ring (bicyclic) bond motifs is 4. The third kappa shape index (κ3) is 3.50. The number of ether oxygens (including phenoxy) is 1.